The highest BCUT2D eigenvalue weighted by molar-refractivity contribution is 5.81. The molecule has 4 nitrogen and oxygen atoms in total. The van der Waals surface area contributed by atoms with E-state index in [0.717, 1.165) is 13.1 Å². The molecule has 0 amide bonds. The van der Waals surface area contributed by atoms with Crippen LogP contribution in [0, 0.1) is 0 Å². The second-order valence-electron chi connectivity index (χ2n) is 4.16. The summed E-state index contributed by atoms with van der Waals surface area (Å²) < 4.78 is 10.8. The zero-order valence-corrected chi connectivity index (χ0v) is 9.86. The normalized spacial score (nSPS) is 23.3. The molecule has 0 aromatic carbocycles. The van der Waals surface area contributed by atoms with E-state index in [1.165, 1.54) is 0 Å². The third-order valence-corrected chi connectivity index (χ3v) is 2.54. The average molecular weight is 215 g/mol. The van der Waals surface area contributed by atoms with Gasteiger partial charge in [0.1, 0.15) is 5.78 Å². The van der Waals surface area contributed by atoms with Crippen LogP contribution in [-0.4, -0.2) is 55.7 Å². The first-order valence-electron chi connectivity index (χ1n) is 5.55. The third kappa shape index (κ3) is 4.28. The Labute approximate surface area is 91.5 Å². The summed E-state index contributed by atoms with van der Waals surface area (Å²) in [6.07, 6.45) is 0.252. The topological polar surface area (TPSA) is 38.8 Å². The Morgan fingerprint density at radius 3 is 2.93 bits per heavy atom. The molecule has 0 aliphatic carbocycles. The van der Waals surface area contributed by atoms with E-state index in [-0.39, 0.29) is 17.9 Å². The van der Waals surface area contributed by atoms with Gasteiger partial charge in [-0.15, -0.1) is 0 Å². The molecule has 15 heavy (non-hydrogen) atoms. The summed E-state index contributed by atoms with van der Waals surface area (Å²) in [5, 5.41) is 0. The van der Waals surface area contributed by atoms with E-state index in [2.05, 4.69) is 4.90 Å². The average Bonchev–Trinajstić information content (AvgIpc) is 2.17. The summed E-state index contributed by atoms with van der Waals surface area (Å²) in [6.45, 7) is 9.21. The Morgan fingerprint density at radius 1 is 1.60 bits per heavy atom. The van der Waals surface area contributed by atoms with Crippen LogP contribution in [0.25, 0.3) is 0 Å². The van der Waals surface area contributed by atoms with Crippen molar-refractivity contribution in [2.75, 3.05) is 32.9 Å². The van der Waals surface area contributed by atoms with Crippen molar-refractivity contribution >= 4 is 5.78 Å². The van der Waals surface area contributed by atoms with Crippen molar-refractivity contribution in [2.45, 2.75) is 32.9 Å². The number of morpholine rings is 1. The number of hydrogen-bond donors (Lipinski definition) is 0. The van der Waals surface area contributed by atoms with E-state index in [1.54, 1.807) is 6.92 Å². The maximum Gasteiger partial charge on any atom is 0.149 e. The number of carbonyl (C=O) groups excluding carboxylic acids is 1. The summed E-state index contributed by atoms with van der Waals surface area (Å²) in [6, 6.07) is -0.0745. The van der Waals surface area contributed by atoms with Crippen LogP contribution in [0.4, 0.5) is 0 Å². The van der Waals surface area contributed by atoms with Crippen molar-refractivity contribution in [2.24, 2.45) is 0 Å². The molecular formula is C11H21NO3. The molecule has 0 saturated carbocycles. The standard InChI is InChI=1S/C11H21NO3/c1-9(2)15-7-5-12-4-6-14-8-11(12)10(3)13/h9,11H,4-8H2,1-3H3/t11-/m0/s1. The van der Waals surface area contributed by atoms with E-state index < -0.39 is 0 Å². The highest BCUT2D eigenvalue weighted by Crippen LogP contribution is 2.07. The maximum absolute atomic E-state index is 11.3. The van der Waals surface area contributed by atoms with Crippen LogP contribution in [0.15, 0.2) is 0 Å². The predicted molar refractivity (Wildman–Crippen MR) is 57.9 cm³/mol. The van der Waals surface area contributed by atoms with Gasteiger partial charge in [0.15, 0.2) is 0 Å². The quantitative estimate of drug-likeness (QED) is 0.677. The summed E-state index contributed by atoms with van der Waals surface area (Å²) in [4.78, 5) is 13.5. The van der Waals surface area contributed by atoms with Crippen LogP contribution in [0.1, 0.15) is 20.8 Å². The lowest BCUT2D eigenvalue weighted by atomic mass is 10.1. The van der Waals surface area contributed by atoms with Gasteiger partial charge in [-0.1, -0.05) is 0 Å². The molecule has 88 valence electrons. The minimum atomic E-state index is -0.0745. The molecule has 1 fully saturated rings. The highest BCUT2D eigenvalue weighted by atomic mass is 16.5. The van der Waals surface area contributed by atoms with Crippen LogP contribution < -0.4 is 0 Å². The minimum Gasteiger partial charge on any atom is -0.378 e. The van der Waals surface area contributed by atoms with Gasteiger partial charge in [0, 0.05) is 13.1 Å². The minimum absolute atomic E-state index is 0.0745. The Hall–Kier alpha value is -0.450. The summed E-state index contributed by atoms with van der Waals surface area (Å²) in [5.41, 5.74) is 0. The first-order chi connectivity index (χ1) is 7.11. The SMILES string of the molecule is CC(=O)[C@@H]1COCCN1CCOC(C)C. The molecule has 0 N–H and O–H groups in total. The maximum atomic E-state index is 11.3. The van der Waals surface area contributed by atoms with Crippen LogP contribution in [0.3, 0.4) is 0 Å². The lowest BCUT2D eigenvalue weighted by molar-refractivity contribution is -0.128. The van der Waals surface area contributed by atoms with Crippen molar-refractivity contribution in [3.8, 4) is 0 Å². The van der Waals surface area contributed by atoms with Gasteiger partial charge in [-0.2, -0.15) is 0 Å². The molecular weight excluding hydrogens is 194 g/mol. The molecule has 1 aliphatic heterocycles. The molecule has 0 spiro atoms. The van der Waals surface area contributed by atoms with Gasteiger partial charge < -0.3 is 9.47 Å². The molecule has 0 radical (unpaired) electrons. The van der Waals surface area contributed by atoms with E-state index >= 15 is 0 Å². The summed E-state index contributed by atoms with van der Waals surface area (Å²) in [5.74, 6) is 0.180. The molecule has 0 aromatic rings. The number of carbonyl (C=O) groups is 1. The number of ether oxygens (including phenoxy) is 2. The fourth-order valence-electron chi connectivity index (χ4n) is 1.69. The van der Waals surface area contributed by atoms with Crippen LogP contribution >= 0.6 is 0 Å². The molecule has 1 heterocycles. The predicted octanol–water partition coefficient (Wildman–Crippen LogP) is 0.701. The molecule has 1 saturated heterocycles. The summed E-state index contributed by atoms with van der Waals surface area (Å²) in [7, 11) is 0. The van der Waals surface area contributed by atoms with Gasteiger partial charge in [-0.05, 0) is 20.8 Å². The Bertz CT molecular complexity index is 206. The Balaban J connectivity index is 2.33. The fraction of sp³-hybridized carbons (Fsp3) is 0.909. The van der Waals surface area contributed by atoms with Crippen molar-refractivity contribution < 1.29 is 14.3 Å². The van der Waals surface area contributed by atoms with Gasteiger partial charge in [0.05, 0.1) is 32.0 Å². The zero-order chi connectivity index (χ0) is 11.3. The monoisotopic (exact) mass is 215 g/mol. The van der Waals surface area contributed by atoms with E-state index in [0.29, 0.717) is 19.8 Å². The van der Waals surface area contributed by atoms with Crippen molar-refractivity contribution in [3.63, 3.8) is 0 Å². The molecule has 0 unspecified atom stereocenters. The molecule has 1 aliphatic rings. The van der Waals surface area contributed by atoms with E-state index in [4.69, 9.17) is 9.47 Å². The van der Waals surface area contributed by atoms with Crippen LogP contribution in [0.5, 0.6) is 0 Å². The summed E-state index contributed by atoms with van der Waals surface area (Å²) >= 11 is 0. The first-order valence-corrected chi connectivity index (χ1v) is 5.55. The number of ketones is 1. The smallest absolute Gasteiger partial charge is 0.149 e. The van der Waals surface area contributed by atoms with Crippen LogP contribution in [-0.2, 0) is 14.3 Å². The van der Waals surface area contributed by atoms with Gasteiger partial charge in [-0.25, -0.2) is 0 Å². The lowest BCUT2D eigenvalue weighted by Crippen LogP contribution is -2.50. The largest absolute Gasteiger partial charge is 0.378 e. The van der Waals surface area contributed by atoms with Crippen molar-refractivity contribution in [3.05, 3.63) is 0 Å². The Morgan fingerprint density at radius 2 is 2.33 bits per heavy atom. The van der Waals surface area contributed by atoms with Crippen LogP contribution in [0.2, 0.25) is 0 Å². The van der Waals surface area contributed by atoms with Crippen molar-refractivity contribution in [1.82, 2.24) is 4.90 Å². The highest BCUT2D eigenvalue weighted by Gasteiger charge is 2.26. The van der Waals surface area contributed by atoms with Crippen molar-refractivity contribution in [1.29, 1.82) is 0 Å². The van der Waals surface area contributed by atoms with E-state index in [9.17, 15) is 4.79 Å². The van der Waals surface area contributed by atoms with Gasteiger partial charge in [0.25, 0.3) is 0 Å². The lowest BCUT2D eigenvalue weighted by Gasteiger charge is -2.33. The second kappa shape index (κ2) is 6.20. The van der Waals surface area contributed by atoms with Gasteiger partial charge in [-0.3, -0.25) is 9.69 Å². The first kappa shape index (κ1) is 12.6. The molecule has 1 rings (SSSR count). The molecule has 1 atom stereocenters. The third-order valence-electron chi connectivity index (χ3n) is 2.54. The molecule has 0 bridgehead atoms. The second-order valence-corrected chi connectivity index (χ2v) is 4.16. The van der Waals surface area contributed by atoms with Gasteiger partial charge >= 0.3 is 0 Å². The van der Waals surface area contributed by atoms with Gasteiger partial charge in [0.2, 0.25) is 0 Å². The number of Topliss-reactive ketones (excluding diaryl/α,β-unsaturated/α-hetero) is 1. The molecule has 0 aromatic heterocycles. The van der Waals surface area contributed by atoms with E-state index in [1.807, 2.05) is 13.8 Å². The fourth-order valence-corrected chi connectivity index (χ4v) is 1.69. The number of nitrogens with zero attached hydrogens (tertiary/aromatic N) is 1. The number of hydrogen-bond acceptors (Lipinski definition) is 4. The molecule has 4 heteroatoms. The number of rotatable bonds is 5. The zero-order valence-electron chi connectivity index (χ0n) is 9.86. The Kier molecular flexibility index (Phi) is 5.22.